The van der Waals surface area contributed by atoms with Gasteiger partial charge in [-0.15, -0.1) is 23.4 Å². The van der Waals surface area contributed by atoms with Crippen molar-refractivity contribution in [2.45, 2.75) is 81.7 Å². The van der Waals surface area contributed by atoms with Crippen molar-refractivity contribution in [2.24, 2.45) is 11.8 Å². The van der Waals surface area contributed by atoms with Gasteiger partial charge in [0.15, 0.2) is 0 Å². The van der Waals surface area contributed by atoms with Gasteiger partial charge in [0, 0.05) is 29.8 Å². The fourth-order valence-corrected chi connectivity index (χ4v) is 5.36. The summed E-state index contributed by atoms with van der Waals surface area (Å²) in [4.78, 5) is 0. The largest absolute Gasteiger partial charge is 0.358 e. The molecule has 0 aromatic carbocycles. The molecule has 3 N–H and O–H groups in total. The first-order chi connectivity index (χ1) is 11.0. The Morgan fingerprint density at radius 2 is 1.70 bits per heavy atom. The van der Waals surface area contributed by atoms with Gasteiger partial charge in [-0.25, -0.2) is 0 Å². The number of thioether (sulfide) groups is 1. The predicted octanol–water partition coefficient (Wildman–Crippen LogP) is 2.72. The molecule has 3 fully saturated rings. The van der Waals surface area contributed by atoms with E-state index in [1.54, 1.807) is 0 Å². The molecule has 1 aliphatic carbocycles. The molecule has 134 valence electrons. The predicted molar refractivity (Wildman–Crippen MR) is 98.9 cm³/mol. The zero-order valence-electron chi connectivity index (χ0n) is 14.6. The fourth-order valence-electron chi connectivity index (χ4n) is 3.92. The summed E-state index contributed by atoms with van der Waals surface area (Å²) in [5, 5.41) is 11.3. The Morgan fingerprint density at radius 1 is 1.04 bits per heavy atom. The molecule has 4 nitrogen and oxygen atoms in total. The Bertz CT molecular complexity index is 369. The van der Waals surface area contributed by atoms with E-state index >= 15 is 0 Å². The lowest BCUT2D eigenvalue weighted by molar-refractivity contribution is 0.0113. The Labute approximate surface area is 150 Å². The molecule has 0 aromatic rings. The summed E-state index contributed by atoms with van der Waals surface area (Å²) in [7, 11) is 0. The highest BCUT2D eigenvalue weighted by atomic mass is 35.5. The number of halogens is 1. The minimum Gasteiger partial charge on any atom is -0.358 e. The van der Waals surface area contributed by atoms with Crippen LogP contribution in [0, 0.1) is 11.8 Å². The van der Waals surface area contributed by atoms with E-state index in [-0.39, 0.29) is 6.23 Å². The second-order valence-corrected chi connectivity index (χ2v) is 9.32. The SMILES string of the molecule is CC1NC(SCC2NCC(C3CCC(Cl)CC3)O2)NC(C)C1C. The van der Waals surface area contributed by atoms with Gasteiger partial charge in [0.1, 0.15) is 11.7 Å². The maximum atomic E-state index is 6.27. The third kappa shape index (κ3) is 4.77. The van der Waals surface area contributed by atoms with Gasteiger partial charge in [-0.1, -0.05) is 6.92 Å². The topological polar surface area (TPSA) is 45.3 Å². The van der Waals surface area contributed by atoms with Crippen LogP contribution in [-0.4, -0.2) is 47.6 Å². The number of alkyl halides is 1. The molecule has 4 atom stereocenters. The van der Waals surface area contributed by atoms with Crippen LogP contribution in [0.4, 0.5) is 0 Å². The van der Waals surface area contributed by atoms with Crippen molar-refractivity contribution in [3.8, 4) is 0 Å². The van der Waals surface area contributed by atoms with Crippen molar-refractivity contribution in [1.82, 2.24) is 16.0 Å². The highest BCUT2D eigenvalue weighted by Gasteiger charge is 2.35. The van der Waals surface area contributed by atoms with Crippen molar-refractivity contribution >= 4 is 23.4 Å². The molecule has 23 heavy (non-hydrogen) atoms. The van der Waals surface area contributed by atoms with Crippen molar-refractivity contribution in [2.75, 3.05) is 12.3 Å². The Balaban J connectivity index is 1.39. The van der Waals surface area contributed by atoms with Crippen LogP contribution in [0.25, 0.3) is 0 Å². The fraction of sp³-hybridized carbons (Fsp3) is 1.00. The quantitative estimate of drug-likeness (QED) is 0.672. The summed E-state index contributed by atoms with van der Waals surface area (Å²) < 4.78 is 6.27. The molecule has 2 heterocycles. The second-order valence-electron chi connectivity index (χ2n) is 7.57. The average Bonchev–Trinajstić information content (AvgIpc) is 3.00. The van der Waals surface area contributed by atoms with Crippen molar-refractivity contribution in [1.29, 1.82) is 0 Å². The van der Waals surface area contributed by atoms with Gasteiger partial charge in [0.05, 0.1) is 6.10 Å². The molecule has 3 aliphatic rings. The van der Waals surface area contributed by atoms with E-state index in [1.165, 1.54) is 12.8 Å². The van der Waals surface area contributed by atoms with Crippen molar-refractivity contribution in [3.63, 3.8) is 0 Å². The summed E-state index contributed by atoms with van der Waals surface area (Å²) >= 11 is 8.14. The number of hydrogen-bond donors (Lipinski definition) is 3. The zero-order valence-corrected chi connectivity index (χ0v) is 16.1. The summed E-state index contributed by atoms with van der Waals surface area (Å²) in [5.74, 6) is 2.34. The summed E-state index contributed by atoms with van der Waals surface area (Å²) in [6, 6.07) is 1.11. The van der Waals surface area contributed by atoms with Crippen LogP contribution in [0.5, 0.6) is 0 Å². The molecule has 2 aliphatic heterocycles. The summed E-state index contributed by atoms with van der Waals surface area (Å²) in [5.41, 5.74) is 0.326. The third-order valence-electron chi connectivity index (χ3n) is 5.93. The van der Waals surface area contributed by atoms with Gasteiger partial charge >= 0.3 is 0 Å². The van der Waals surface area contributed by atoms with E-state index in [1.807, 2.05) is 11.8 Å². The lowest BCUT2D eigenvalue weighted by atomic mass is 9.85. The molecule has 1 saturated carbocycles. The average molecular weight is 362 g/mol. The Kier molecular flexibility index (Phi) is 6.55. The minimum atomic E-state index is 0.187. The van der Waals surface area contributed by atoms with E-state index in [2.05, 4.69) is 36.7 Å². The number of nitrogens with one attached hydrogen (secondary N) is 3. The van der Waals surface area contributed by atoms with E-state index in [0.717, 1.165) is 25.1 Å². The maximum absolute atomic E-state index is 6.27. The van der Waals surface area contributed by atoms with Crippen LogP contribution in [0.15, 0.2) is 0 Å². The highest BCUT2D eigenvalue weighted by molar-refractivity contribution is 7.99. The minimum absolute atomic E-state index is 0.187. The van der Waals surface area contributed by atoms with Gasteiger partial charge in [-0.3, -0.25) is 16.0 Å². The molecule has 0 bridgehead atoms. The smallest absolute Gasteiger partial charge is 0.117 e. The van der Waals surface area contributed by atoms with Crippen LogP contribution in [-0.2, 0) is 4.74 Å². The molecule has 2 saturated heterocycles. The highest BCUT2D eigenvalue weighted by Crippen LogP contribution is 2.33. The third-order valence-corrected chi connectivity index (χ3v) is 7.47. The maximum Gasteiger partial charge on any atom is 0.117 e. The van der Waals surface area contributed by atoms with Gasteiger partial charge in [-0.05, 0) is 51.4 Å². The van der Waals surface area contributed by atoms with Crippen LogP contribution in [0.2, 0.25) is 0 Å². The molecule has 6 heteroatoms. The molecule has 0 radical (unpaired) electrons. The van der Waals surface area contributed by atoms with Gasteiger partial charge in [0.2, 0.25) is 0 Å². The number of hydrogen-bond acceptors (Lipinski definition) is 5. The Morgan fingerprint density at radius 3 is 2.35 bits per heavy atom. The first kappa shape index (κ1) is 18.3. The van der Waals surface area contributed by atoms with Crippen LogP contribution in [0.3, 0.4) is 0 Å². The molecule has 0 spiro atoms. The van der Waals surface area contributed by atoms with Crippen LogP contribution < -0.4 is 16.0 Å². The van der Waals surface area contributed by atoms with Gasteiger partial charge in [0.25, 0.3) is 0 Å². The van der Waals surface area contributed by atoms with Crippen LogP contribution in [0.1, 0.15) is 46.5 Å². The number of ether oxygens (including phenoxy) is 1. The van der Waals surface area contributed by atoms with E-state index in [9.17, 15) is 0 Å². The molecule has 4 unspecified atom stereocenters. The van der Waals surface area contributed by atoms with E-state index in [0.29, 0.717) is 40.9 Å². The van der Waals surface area contributed by atoms with Crippen LogP contribution >= 0.6 is 23.4 Å². The van der Waals surface area contributed by atoms with E-state index < -0.39 is 0 Å². The molecule has 0 aromatic heterocycles. The first-order valence-corrected chi connectivity index (χ1v) is 10.7. The molecule has 3 rings (SSSR count). The first-order valence-electron chi connectivity index (χ1n) is 9.19. The van der Waals surface area contributed by atoms with Crippen molar-refractivity contribution in [3.05, 3.63) is 0 Å². The molecular weight excluding hydrogens is 330 g/mol. The lowest BCUT2D eigenvalue weighted by Gasteiger charge is -2.39. The second kappa shape index (κ2) is 8.24. The zero-order chi connectivity index (χ0) is 16.4. The monoisotopic (exact) mass is 361 g/mol. The summed E-state index contributed by atoms with van der Waals surface area (Å²) in [6.45, 7) is 7.86. The summed E-state index contributed by atoms with van der Waals surface area (Å²) in [6.07, 6.45) is 5.31. The van der Waals surface area contributed by atoms with Gasteiger partial charge in [-0.2, -0.15) is 0 Å². The Hall–Kier alpha value is 0.480. The number of rotatable bonds is 4. The van der Waals surface area contributed by atoms with Crippen molar-refractivity contribution < 1.29 is 4.74 Å². The van der Waals surface area contributed by atoms with Gasteiger partial charge < -0.3 is 4.74 Å². The van der Waals surface area contributed by atoms with E-state index in [4.69, 9.17) is 16.3 Å². The standard InChI is InChI=1S/C17H32ClN3OS/c1-10-11(2)20-17(21-12(10)3)23-9-16-19-8-15(22-16)13-4-6-14(18)7-5-13/h10-17,19-21H,4-9H2,1-3H3. The lowest BCUT2D eigenvalue weighted by Crippen LogP contribution is -2.59. The molecule has 0 amide bonds. The molecular formula is C17H32ClN3OS. The normalized spacial score (nSPS) is 48.5.